The van der Waals surface area contributed by atoms with E-state index >= 15 is 0 Å². The number of carbonyl (C=O) groups excluding carboxylic acids is 1. The first-order valence-corrected chi connectivity index (χ1v) is 4.48. The van der Waals surface area contributed by atoms with Crippen molar-refractivity contribution < 1.29 is 19.4 Å². The second-order valence-electron chi connectivity index (χ2n) is 3.40. The number of hydrogen-bond donors (Lipinski definition) is 1. The molecule has 0 aromatic rings. The Bertz CT molecular complexity index is 220. The Morgan fingerprint density at radius 2 is 2.14 bits per heavy atom. The summed E-state index contributed by atoms with van der Waals surface area (Å²) in [6, 6.07) is 0. The maximum absolute atomic E-state index is 10.5. The zero-order chi connectivity index (χ0) is 11.1. The predicted octanol–water partition coefficient (Wildman–Crippen LogP) is 1.61. The zero-order valence-corrected chi connectivity index (χ0v) is 8.58. The van der Waals surface area contributed by atoms with Crippen molar-refractivity contribution in [2.45, 2.75) is 26.7 Å². The molecule has 80 valence electrons. The molecule has 1 atom stereocenters. The van der Waals surface area contributed by atoms with Crippen LogP contribution in [0.5, 0.6) is 0 Å². The van der Waals surface area contributed by atoms with Crippen molar-refractivity contribution in [3.8, 4) is 0 Å². The van der Waals surface area contributed by atoms with E-state index in [2.05, 4.69) is 13.5 Å². The minimum atomic E-state index is -0.935. The number of carboxylic acids is 1. The highest BCUT2D eigenvalue weighted by molar-refractivity contribution is 5.84. The Labute approximate surface area is 83.6 Å². The third-order valence-corrected chi connectivity index (χ3v) is 1.75. The van der Waals surface area contributed by atoms with Crippen LogP contribution in [0.4, 0.5) is 0 Å². The van der Waals surface area contributed by atoms with E-state index in [1.165, 1.54) is 6.92 Å². The van der Waals surface area contributed by atoms with Crippen molar-refractivity contribution in [2.75, 3.05) is 6.61 Å². The molecule has 0 bridgehead atoms. The number of carbonyl (C=O) groups is 2. The van der Waals surface area contributed by atoms with E-state index in [4.69, 9.17) is 9.84 Å². The van der Waals surface area contributed by atoms with Crippen molar-refractivity contribution in [1.29, 1.82) is 0 Å². The lowest BCUT2D eigenvalue weighted by atomic mass is 10.0. The number of esters is 1. The third kappa shape index (κ3) is 6.22. The van der Waals surface area contributed by atoms with Crippen molar-refractivity contribution in [3.05, 3.63) is 12.2 Å². The fourth-order valence-corrected chi connectivity index (χ4v) is 0.819. The lowest BCUT2D eigenvalue weighted by Gasteiger charge is -2.16. The molecule has 0 spiro atoms. The van der Waals surface area contributed by atoms with Gasteiger partial charge in [0.05, 0.1) is 6.61 Å². The van der Waals surface area contributed by atoms with E-state index in [-0.39, 0.29) is 11.5 Å². The number of carboxylic acid groups (broad SMARTS) is 1. The highest BCUT2D eigenvalue weighted by Gasteiger charge is 2.15. The second kappa shape index (κ2) is 6.18. The molecule has 14 heavy (non-hydrogen) atoms. The van der Waals surface area contributed by atoms with Crippen LogP contribution in [-0.4, -0.2) is 23.7 Å². The molecule has 4 nitrogen and oxygen atoms in total. The van der Waals surface area contributed by atoms with Gasteiger partial charge in [-0.1, -0.05) is 13.5 Å². The molecule has 1 heterocycles. The first kappa shape index (κ1) is 12.7. The van der Waals surface area contributed by atoms with E-state index in [1.807, 2.05) is 0 Å². The van der Waals surface area contributed by atoms with Crippen LogP contribution in [0.1, 0.15) is 26.7 Å². The van der Waals surface area contributed by atoms with Gasteiger partial charge in [-0.05, 0) is 19.3 Å². The van der Waals surface area contributed by atoms with Crippen LogP contribution in [0.2, 0.25) is 0 Å². The topological polar surface area (TPSA) is 63.6 Å². The normalized spacial score (nSPS) is 20.1. The number of aliphatic carboxylic acids is 1. The number of hydrogen-bond acceptors (Lipinski definition) is 3. The van der Waals surface area contributed by atoms with Crippen molar-refractivity contribution in [1.82, 2.24) is 0 Å². The summed E-state index contributed by atoms with van der Waals surface area (Å²) in [6.45, 7) is 7.30. The molecule has 0 aromatic heterocycles. The lowest BCUT2D eigenvalue weighted by molar-refractivity contribution is -0.148. The molecule has 1 fully saturated rings. The molecule has 1 aliphatic rings. The summed E-state index contributed by atoms with van der Waals surface area (Å²) in [6.07, 6.45) is 1.64. The van der Waals surface area contributed by atoms with Crippen molar-refractivity contribution >= 4 is 11.9 Å². The van der Waals surface area contributed by atoms with Gasteiger partial charge in [-0.25, -0.2) is 4.79 Å². The number of ether oxygens (including phenoxy) is 1. The van der Waals surface area contributed by atoms with Gasteiger partial charge >= 0.3 is 11.9 Å². The summed E-state index contributed by atoms with van der Waals surface area (Å²) < 4.78 is 4.71. The lowest BCUT2D eigenvalue weighted by Crippen LogP contribution is -2.18. The van der Waals surface area contributed by atoms with Crippen LogP contribution >= 0.6 is 0 Å². The summed E-state index contributed by atoms with van der Waals surface area (Å²) in [4.78, 5) is 20.1. The van der Waals surface area contributed by atoms with Crippen LogP contribution < -0.4 is 0 Å². The summed E-state index contributed by atoms with van der Waals surface area (Å²) in [5, 5.41) is 7.89. The summed E-state index contributed by atoms with van der Waals surface area (Å²) in [5.41, 5.74) is 0.176. The van der Waals surface area contributed by atoms with Gasteiger partial charge in [-0.2, -0.15) is 0 Å². The highest BCUT2D eigenvalue weighted by atomic mass is 16.5. The zero-order valence-electron chi connectivity index (χ0n) is 8.58. The van der Waals surface area contributed by atoms with E-state index < -0.39 is 5.97 Å². The van der Waals surface area contributed by atoms with Gasteiger partial charge in [0.1, 0.15) is 0 Å². The van der Waals surface area contributed by atoms with Crippen LogP contribution in [0.3, 0.4) is 0 Å². The molecule has 1 rings (SSSR count). The van der Waals surface area contributed by atoms with Crippen LogP contribution in [-0.2, 0) is 14.3 Å². The fraction of sp³-hybridized carbons (Fsp3) is 0.600. The largest absolute Gasteiger partial charge is 0.478 e. The molecule has 1 N–H and O–H groups in total. The van der Waals surface area contributed by atoms with Gasteiger partial charge in [0.2, 0.25) is 0 Å². The molecule has 0 radical (unpaired) electrons. The van der Waals surface area contributed by atoms with Gasteiger partial charge in [0.15, 0.2) is 0 Å². The second-order valence-corrected chi connectivity index (χ2v) is 3.40. The van der Waals surface area contributed by atoms with E-state index in [0.717, 1.165) is 6.42 Å². The molecule has 1 saturated heterocycles. The maximum atomic E-state index is 10.5. The average molecular weight is 200 g/mol. The highest BCUT2D eigenvalue weighted by Crippen LogP contribution is 2.13. The predicted molar refractivity (Wildman–Crippen MR) is 51.8 cm³/mol. The Morgan fingerprint density at radius 3 is 2.36 bits per heavy atom. The maximum Gasteiger partial charge on any atom is 0.330 e. The molecule has 0 saturated carbocycles. The molecular weight excluding hydrogens is 184 g/mol. The fourth-order valence-electron chi connectivity index (χ4n) is 0.819. The van der Waals surface area contributed by atoms with Crippen LogP contribution in [0.25, 0.3) is 0 Å². The summed E-state index contributed by atoms with van der Waals surface area (Å²) in [7, 11) is 0. The molecule has 0 amide bonds. The van der Waals surface area contributed by atoms with E-state index in [0.29, 0.717) is 18.9 Å². The molecule has 4 heteroatoms. The Balaban J connectivity index is 0.000000255. The minimum Gasteiger partial charge on any atom is -0.478 e. The average Bonchev–Trinajstić information content (AvgIpc) is 2.04. The van der Waals surface area contributed by atoms with Crippen LogP contribution in [0, 0.1) is 5.92 Å². The van der Waals surface area contributed by atoms with E-state index in [9.17, 15) is 9.59 Å². The Hall–Kier alpha value is -1.32. The molecule has 0 aliphatic carbocycles. The van der Waals surface area contributed by atoms with Crippen molar-refractivity contribution in [2.24, 2.45) is 5.92 Å². The molecule has 1 aliphatic heterocycles. The third-order valence-electron chi connectivity index (χ3n) is 1.75. The standard InChI is InChI=1S/C6H10O2.C4H6O2/c1-5-2-3-8-6(7)4-5;1-3(2)4(5)6/h5H,2-4H2,1H3;1H2,2H3,(H,5,6). The number of cyclic esters (lactones) is 1. The quantitative estimate of drug-likeness (QED) is 0.516. The van der Waals surface area contributed by atoms with Gasteiger partial charge in [0, 0.05) is 12.0 Å². The monoisotopic (exact) mass is 200 g/mol. The molecule has 1 unspecified atom stereocenters. The van der Waals surface area contributed by atoms with Crippen molar-refractivity contribution in [3.63, 3.8) is 0 Å². The minimum absolute atomic E-state index is 0.0382. The summed E-state index contributed by atoms with van der Waals surface area (Å²) in [5.74, 6) is -0.435. The number of rotatable bonds is 1. The first-order chi connectivity index (χ1) is 6.43. The van der Waals surface area contributed by atoms with E-state index in [1.54, 1.807) is 0 Å². The molecular formula is C10H16O4. The Kier molecular flexibility index (Phi) is 5.60. The molecule has 0 aromatic carbocycles. The first-order valence-electron chi connectivity index (χ1n) is 4.48. The van der Waals surface area contributed by atoms with Gasteiger partial charge in [-0.15, -0.1) is 0 Å². The van der Waals surface area contributed by atoms with Gasteiger partial charge in [-0.3, -0.25) is 4.79 Å². The summed E-state index contributed by atoms with van der Waals surface area (Å²) >= 11 is 0. The van der Waals surface area contributed by atoms with Crippen LogP contribution in [0.15, 0.2) is 12.2 Å². The van der Waals surface area contributed by atoms with Gasteiger partial charge in [0.25, 0.3) is 0 Å². The smallest absolute Gasteiger partial charge is 0.330 e. The Morgan fingerprint density at radius 1 is 1.64 bits per heavy atom. The SMILES string of the molecule is C=C(C)C(=O)O.CC1CCOC(=O)C1. The van der Waals surface area contributed by atoms with Gasteiger partial charge < -0.3 is 9.84 Å².